The highest BCUT2D eigenvalue weighted by molar-refractivity contribution is 5.82. The molecule has 19 heavy (non-hydrogen) atoms. The fourth-order valence-corrected chi connectivity index (χ4v) is 2.69. The Bertz CT molecular complexity index is 276. The first kappa shape index (κ1) is 16.4. The van der Waals surface area contributed by atoms with Gasteiger partial charge in [-0.2, -0.15) is 0 Å². The van der Waals surface area contributed by atoms with Crippen molar-refractivity contribution in [2.45, 2.75) is 26.7 Å². The summed E-state index contributed by atoms with van der Waals surface area (Å²) < 4.78 is 5.04. The van der Waals surface area contributed by atoms with Crippen molar-refractivity contribution in [3.05, 3.63) is 0 Å². The molecule has 1 amide bonds. The van der Waals surface area contributed by atoms with Crippen LogP contribution in [0.3, 0.4) is 0 Å². The largest absolute Gasteiger partial charge is 0.395 e. The van der Waals surface area contributed by atoms with E-state index in [1.54, 1.807) is 12.0 Å². The minimum Gasteiger partial charge on any atom is -0.395 e. The molecule has 1 atom stereocenters. The molecule has 112 valence electrons. The molecule has 1 aliphatic heterocycles. The number of carbonyl (C=O) groups is 1. The lowest BCUT2D eigenvalue weighted by molar-refractivity contribution is -0.145. The van der Waals surface area contributed by atoms with Gasteiger partial charge in [0.25, 0.3) is 0 Å². The van der Waals surface area contributed by atoms with Crippen LogP contribution in [-0.4, -0.2) is 62.4 Å². The highest BCUT2D eigenvalue weighted by atomic mass is 16.5. The number of rotatable bonds is 7. The van der Waals surface area contributed by atoms with Gasteiger partial charge in [0, 0.05) is 25.6 Å². The average Bonchev–Trinajstić information content (AvgIpc) is 2.43. The van der Waals surface area contributed by atoms with Crippen LogP contribution in [0.15, 0.2) is 0 Å². The van der Waals surface area contributed by atoms with Crippen molar-refractivity contribution in [1.82, 2.24) is 10.2 Å². The highest BCUT2D eigenvalue weighted by Gasteiger charge is 2.39. The maximum atomic E-state index is 12.7. The monoisotopic (exact) mass is 272 g/mol. The van der Waals surface area contributed by atoms with Gasteiger partial charge in [0.1, 0.15) is 0 Å². The molecule has 0 aromatic rings. The van der Waals surface area contributed by atoms with Gasteiger partial charge in [0.05, 0.1) is 13.2 Å². The van der Waals surface area contributed by atoms with Crippen LogP contribution in [0.25, 0.3) is 0 Å². The zero-order valence-electron chi connectivity index (χ0n) is 12.4. The van der Waals surface area contributed by atoms with E-state index in [9.17, 15) is 4.79 Å². The lowest BCUT2D eigenvalue weighted by atomic mass is 9.74. The Balaban J connectivity index is 2.68. The van der Waals surface area contributed by atoms with Crippen molar-refractivity contribution in [1.29, 1.82) is 0 Å². The van der Waals surface area contributed by atoms with Crippen LogP contribution in [0, 0.1) is 11.3 Å². The summed E-state index contributed by atoms with van der Waals surface area (Å²) in [7, 11) is 1.62. The van der Waals surface area contributed by atoms with Gasteiger partial charge in [-0.15, -0.1) is 0 Å². The Labute approximate surface area is 116 Å². The molecule has 1 unspecified atom stereocenters. The molecule has 1 heterocycles. The molecule has 0 spiro atoms. The molecule has 5 nitrogen and oxygen atoms in total. The summed E-state index contributed by atoms with van der Waals surface area (Å²) in [5.74, 6) is 0.477. The summed E-state index contributed by atoms with van der Waals surface area (Å²) >= 11 is 0. The number of piperidine rings is 1. The van der Waals surface area contributed by atoms with E-state index in [4.69, 9.17) is 9.84 Å². The van der Waals surface area contributed by atoms with E-state index < -0.39 is 5.41 Å². The lowest BCUT2D eigenvalue weighted by Crippen LogP contribution is -2.50. The number of amides is 1. The van der Waals surface area contributed by atoms with Crippen LogP contribution in [0.1, 0.15) is 26.7 Å². The fourth-order valence-electron chi connectivity index (χ4n) is 2.69. The Morgan fingerprint density at radius 1 is 1.47 bits per heavy atom. The summed E-state index contributed by atoms with van der Waals surface area (Å²) in [5.41, 5.74) is -0.393. The topological polar surface area (TPSA) is 61.8 Å². The van der Waals surface area contributed by atoms with Gasteiger partial charge < -0.3 is 20.1 Å². The van der Waals surface area contributed by atoms with Crippen LogP contribution in [0.5, 0.6) is 0 Å². The molecule has 0 bridgehead atoms. The Hall–Kier alpha value is -0.650. The molecule has 5 heteroatoms. The summed E-state index contributed by atoms with van der Waals surface area (Å²) in [6.45, 7) is 7.40. The number of hydrogen-bond acceptors (Lipinski definition) is 4. The van der Waals surface area contributed by atoms with Crippen LogP contribution in [-0.2, 0) is 9.53 Å². The number of carbonyl (C=O) groups excluding carboxylic acids is 1. The zero-order valence-corrected chi connectivity index (χ0v) is 12.4. The second kappa shape index (κ2) is 7.82. The van der Waals surface area contributed by atoms with E-state index in [1.807, 2.05) is 13.8 Å². The van der Waals surface area contributed by atoms with E-state index in [0.29, 0.717) is 25.6 Å². The van der Waals surface area contributed by atoms with Gasteiger partial charge in [-0.25, -0.2) is 0 Å². The third-order valence-corrected chi connectivity index (χ3v) is 4.09. The second-order valence-corrected chi connectivity index (χ2v) is 5.77. The molecule has 0 aromatic heterocycles. The number of hydrogen-bond donors (Lipinski definition) is 2. The number of methoxy groups -OCH3 is 1. The minimum atomic E-state index is -0.393. The van der Waals surface area contributed by atoms with E-state index in [0.717, 1.165) is 25.9 Å². The maximum absolute atomic E-state index is 12.7. The Morgan fingerprint density at radius 2 is 2.21 bits per heavy atom. The molecular formula is C14H28N2O3. The van der Waals surface area contributed by atoms with E-state index in [1.165, 1.54) is 0 Å². The van der Waals surface area contributed by atoms with Crippen molar-refractivity contribution in [2.75, 3.05) is 46.5 Å². The predicted molar refractivity (Wildman–Crippen MR) is 74.9 cm³/mol. The quantitative estimate of drug-likeness (QED) is 0.707. The summed E-state index contributed by atoms with van der Waals surface area (Å²) in [4.78, 5) is 14.4. The number of nitrogens with zero attached hydrogens (tertiary/aromatic N) is 1. The molecule has 0 saturated carbocycles. The molecule has 1 fully saturated rings. The van der Waals surface area contributed by atoms with Crippen LogP contribution in [0.2, 0.25) is 0 Å². The molecular weight excluding hydrogens is 244 g/mol. The van der Waals surface area contributed by atoms with Crippen molar-refractivity contribution in [2.24, 2.45) is 11.3 Å². The zero-order chi connectivity index (χ0) is 14.3. The minimum absolute atomic E-state index is 0.00551. The SMILES string of the molecule is COCCN(CCO)C(=O)C(C)(C)C1CCCNC1. The fraction of sp³-hybridized carbons (Fsp3) is 0.929. The van der Waals surface area contributed by atoms with Crippen molar-refractivity contribution >= 4 is 5.91 Å². The van der Waals surface area contributed by atoms with Gasteiger partial charge >= 0.3 is 0 Å². The highest BCUT2D eigenvalue weighted by Crippen LogP contribution is 2.33. The second-order valence-electron chi connectivity index (χ2n) is 5.77. The van der Waals surface area contributed by atoms with E-state index >= 15 is 0 Å². The first-order chi connectivity index (χ1) is 9.04. The van der Waals surface area contributed by atoms with Gasteiger partial charge in [0.15, 0.2) is 0 Å². The van der Waals surface area contributed by atoms with Gasteiger partial charge in [-0.1, -0.05) is 13.8 Å². The number of aliphatic hydroxyl groups is 1. The summed E-state index contributed by atoms with van der Waals surface area (Å²) in [5, 5.41) is 12.5. The van der Waals surface area contributed by atoms with Crippen molar-refractivity contribution in [3.63, 3.8) is 0 Å². The molecule has 0 radical (unpaired) electrons. The molecule has 1 saturated heterocycles. The number of aliphatic hydroxyl groups excluding tert-OH is 1. The third kappa shape index (κ3) is 4.44. The summed E-state index contributed by atoms with van der Waals surface area (Å²) in [6.07, 6.45) is 2.21. The third-order valence-electron chi connectivity index (χ3n) is 4.09. The van der Waals surface area contributed by atoms with Crippen molar-refractivity contribution < 1.29 is 14.6 Å². The summed E-state index contributed by atoms with van der Waals surface area (Å²) in [6, 6.07) is 0. The van der Waals surface area contributed by atoms with Gasteiger partial charge in [0.2, 0.25) is 5.91 Å². The van der Waals surface area contributed by atoms with Crippen LogP contribution in [0.4, 0.5) is 0 Å². The molecule has 1 aliphatic rings. The normalized spacial score (nSPS) is 20.3. The van der Waals surface area contributed by atoms with Gasteiger partial charge in [-0.3, -0.25) is 4.79 Å². The molecule has 2 N–H and O–H groups in total. The first-order valence-electron chi connectivity index (χ1n) is 7.14. The lowest BCUT2D eigenvalue weighted by Gasteiger charge is -2.39. The molecule has 0 aromatic carbocycles. The maximum Gasteiger partial charge on any atom is 0.228 e. The van der Waals surface area contributed by atoms with Gasteiger partial charge in [-0.05, 0) is 31.8 Å². The number of nitrogens with one attached hydrogen (secondary N) is 1. The van der Waals surface area contributed by atoms with Crippen LogP contribution < -0.4 is 5.32 Å². The Kier molecular flexibility index (Phi) is 6.75. The van der Waals surface area contributed by atoms with Crippen LogP contribution >= 0.6 is 0 Å². The van der Waals surface area contributed by atoms with E-state index in [-0.39, 0.29) is 12.5 Å². The first-order valence-corrected chi connectivity index (χ1v) is 7.14. The smallest absolute Gasteiger partial charge is 0.228 e. The predicted octanol–water partition coefficient (Wildman–Crippen LogP) is 0.480. The average molecular weight is 272 g/mol. The van der Waals surface area contributed by atoms with E-state index in [2.05, 4.69) is 5.32 Å². The van der Waals surface area contributed by atoms with Crippen molar-refractivity contribution in [3.8, 4) is 0 Å². The molecule has 0 aliphatic carbocycles. The number of ether oxygens (including phenoxy) is 1. The molecule has 1 rings (SSSR count). The Morgan fingerprint density at radius 3 is 2.74 bits per heavy atom. The standard InChI is InChI=1S/C14H28N2O3/c1-14(2,12-5-4-6-15-11-12)13(18)16(7-9-17)8-10-19-3/h12,15,17H,4-11H2,1-3H3.